The summed E-state index contributed by atoms with van der Waals surface area (Å²) in [7, 11) is 1.72. The highest BCUT2D eigenvalue weighted by Crippen LogP contribution is 2.44. The number of para-hydroxylation sites is 1. The van der Waals surface area contributed by atoms with Crippen LogP contribution in [-0.4, -0.2) is 26.9 Å². The summed E-state index contributed by atoms with van der Waals surface area (Å²) >= 11 is 0. The van der Waals surface area contributed by atoms with E-state index < -0.39 is 0 Å². The maximum atomic E-state index is 5.91. The minimum Gasteiger partial charge on any atom is -0.496 e. The van der Waals surface area contributed by atoms with E-state index in [-0.39, 0.29) is 5.41 Å². The lowest BCUT2D eigenvalue weighted by molar-refractivity contribution is -0.0906. The van der Waals surface area contributed by atoms with Crippen LogP contribution in [0, 0.1) is 5.92 Å². The van der Waals surface area contributed by atoms with Crippen LogP contribution in [0.25, 0.3) is 0 Å². The highest BCUT2D eigenvalue weighted by atomic mass is 16.5. The largest absolute Gasteiger partial charge is 0.496 e. The summed E-state index contributed by atoms with van der Waals surface area (Å²) in [5, 5.41) is 0. The Balaban J connectivity index is 2.40. The predicted octanol–water partition coefficient (Wildman–Crippen LogP) is 1.95. The van der Waals surface area contributed by atoms with E-state index in [1.807, 2.05) is 12.1 Å². The molecule has 3 heteroatoms. The second kappa shape index (κ2) is 5.07. The lowest BCUT2D eigenvalue weighted by Crippen LogP contribution is -2.54. The summed E-state index contributed by atoms with van der Waals surface area (Å²) in [4.78, 5) is 0. The summed E-state index contributed by atoms with van der Waals surface area (Å²) in [6.45, 7) is 4.39. The Morgan fingerprint density at radius 2 is 2.12 bits per heavy atom. The van der Waals surface area contributed by atoms with Gasteiger partial charge in [0.2, 0.25) is 0 Å². The van der Waals surface area contributed by atoms with Crippen LogP contribution in [0.15, 0.2) is 24.3 Å². The molecule has 3 nitrogen and oxygen atoms in total. The minimum atomic E-state index is 0.0517. The Bertz CT molecular complexity index is 370. The fourth-order valence-corrected chi connectivity index (χ4v) is 2.77. The first-order valence-corrected chi connectivity index (χ1v) is 6.19. The van der Waals surface area contributed by atoms with E-state index in [0.29, 0.717) is 12.5 Å². The van der Waals surface area contributed by atoms with E-state index >= 15 is 0 Å². The van der Waals surface area contributed by atoms with Gasteiger partial charge in [0, 0.05) is 11.0 Å². The quantitative estimate of drug-likeness (QED) is 0.848. The van der Waals surface area contributed by atoms with Crippen molar-refractivity contribution < 1.29 is 9.47 Å². The summed E-state index contributed by atoms with van der Waals surface area (Å²) < 4.78 is 10.9. The van der Waals surface area contributed by atoms with Crippen molar-refractivity contribution in [1.82, 2.24) is 0 Å². The van der Waals surface area contributed by atoms with Crippen molar-refractivity contribution in [2.45, 2.75) is 18.8 Å². The molecule has 1 aromatic carbocycles. The fourth-order valence-electron chi connectivity index (χ4n) is 2.77. The zero-order valence-electron chi connectivity index (χ0n) is 10.6. The SMILES string of the molecule is CCC(CN)C1(c2ccccc2OC)COC1. The summed E-state index contributed by atoms with van der Waals surface area (Å²) in [6.07, 6.45) is 1.07. The van der Waals surface area contributed by atoms with Crippen molar-refractivity contribution in [1.29, 1.82) is 0 Å². The molecule has 1 heterocycles. The van der Waals surface area contributed by atoms with Crippen LogP contribution in [0.4, 0.5) is 0 Å². The summed E-state index contributed by atoms with van der Waals surface area (Å²) in [5.41, 5.74) is 7.20. The maximum Gasteiger partial charge on any atom is 0.122 e. The molecule has 2 N–H and O–H groups in total. The molecule has 17 heavy (non-hydrogen) atoms. The lowest BCUT2D eigenvalue weighted by Gasteiger charge is -2.47. The van der Waals surface area contributed by atoms with Gasteiger partial charge in [-0.15, -0.1) is 0 Å². The van der Waals surface area contributed by atoms with Crippen LogP contribution >= 0.6 is 0 Å². The molecule has 0 aliphatic carbocycles. The van der Waals surface area contributed by atoms with Gasteiger partial charge in [-0.3, -0.25) is 0 Å². The molecule has 1 atom stereocenters. The highest BCUT2D eigenvalue weighted by molar-refractivity contribution is 5.42. The molecule has 0 amide bonds. The molecule has 2 rings (SSSR count). The van der Waals surface area contributed by atoms with Gasteiger partial charge in [0.25, 0.3) is 0 Å². The van der Waals surface area contributed by atoms with Crippen LogP contribution in [0.3, 0.4) is 0 Å². The second-order valence-corrected chi connectivity index (χ2v) is 4.69. The third-order valence-electron chi connectivity index (χ3n) is 3.92. The van der Waals surface area contributed by atoms with Crippen molar-refractivity contribution in [3.8, 4) is 5.75 Å². The normalized spacial score (nSPS) is 19.5. The van der Waals surface area contributed by atoms with Gasteiger partial charge >= 0.3 is 0 Å². The van der Waals surface area contributed by atoms with E-state index in [9.17, 15) is 0 Å². The van der Waals surface area contributed by atoms with Gasteiger partial charge in [-0.2, -0.15) is 0 Å². The van der Waals surface area contributed by atoms with Crippen LogP contribution < -0.4 is 10.5 Å². The molecule has 1 aliphatic heterocycles. The molecule has 1 aliphatic rings. The van der Waals surface area contributed by atoms with Crippen LogP contribution in [-0.2, 0) is 10.2 Å². The van der Waals surface area contributed by atoms with Crippen molar-refractivity contribution >= 4 is 0 Å². The molecule has 0 spiro atoms. The van der Waals surface area contributed by atoms with E-state index in [1.54, 1.807) is 7.11 Å². The number of hydrogen-bond donors (Lipinski definition) is 1. The lowest BCUT2D eigenvalue weighted by atomic mass is 9.67. The Morgan fingerprint density at radius 3 is 2.59 bits per heavy atom. The van der Waals surface area contributed by atoms with Crippen LogP contribution in [0.2, 0.25) is 0 Å². The molecule has 0 aromatic heterocycles. The Kier molecular flexibility index (Phi) is 3.69. The molecule has 1 unspecified atom stereocenters. The standard InChI is InChI=1S/C14H21NO2/c1-3-11(8-15)14(9-17-10-14)12-6-4-5-7-13(12)16-2/h4-7,11H,3,8-10,15H2,1-2H3. The van der Waals surface area contributed by atoms with Gasteiger partial charge in [0.1, 0.15) is 5.75 Å². The van der Waals surface area contributed by atoms with Gasteiger partial charge in [0.05, 0.1) is 20.3 Å². The van der Waals surface area contributed by atoms with Gasteiger partial charge in [-0.05, 0) is 18.5 Å². The molecule has 1 saturated heterocycles. The number of ether oxygens (including phenoxy) is 2. The Hall–Kier alpha value is -1.06. The van der Waals surface area contributed by atoms with Gasteiger partial charge in [-0.25, -0.2) is 0 Å². The average molecular weight is 235 g/mol. The predicted molar refractivity (Wildman–Crippen MR) is 68.3 cm³/mol. The third-order valence-corrected chi connectivity index (χ3v) is 3.92. The molecular weight excluding hydrogens is 214 g/mol. The average Bonchev–Trinajstić information content (AvgIpc) is 2.33. The van der Waals surface area contributed by atoms with Crippen molar-refractivity contribution in [3.05, 3.63) is 29.8 Å². The van der Waals surface area contributed by atoms with E-state index in [1.165, 1.54) is 5.56 Å². The Labute approximate surface area is 103 Å². The van der Waals surface area contributed by atoms with Gasteiger partial charge < -0.3 is 15.2 Å². The third kappa shape index (κ3) is 1.94. The zero-order chi connectivity index (χ0) is 12.3. The number of hydrogen-bond acceptors (Lipinski definition) is 3. The summed E-state index contributed by atoms with van der Waals surface area (Å²) in [5.74, 6) is 1.40. The fraction of sp³-hybridized carbons (Fsp3) is 0.571. The molecule has 0 radical (unpaired) electrons. The number of methoxy groups -OCH3 is 1. The molecule has 1 fully saturated rings. The second-order valence-electron chi connectivity index (χ2n) is 4.69. The van der Waals surface area contributed by atoms with E-state index in [2.05, 4.69) is 19.1 Å². The van der Waals surface area contributed by atoms with Gasteiger partial charge in [-0.1, -0.05) is 31.5 Å². The van der Waals surface area contributed by atoms with Crippen LogP contribution in [0.1, 0.15) is 18.9 Å². The monoisotopic (exact) mass is 235 g/mol. The van der Waals surface area contributed by atoms with E-state index in [4.69, 9.17) is 15.2 Å². The van der Waals surface area contributed by atoms with Crippen molar-refractivity contribution in [2.75, 3.05) is 26.9 Å². The molecule has 0 bridgehead atoms. The molecule has 0 saturated carbocycles. The summed E-state index contributed by atoms with van der Waals surface area (Å²) in [6, 6.07) is 8.21. The van der Waals surface area contributed by atoms with E-state index in [0.717, 1.165) is 25.4 Å². The highest BCUT2D eigenvalue weighted by Gasteiger charge is 2.47. The zero-order valence-corrected chi connectivity index (χ0v) is 10.6. The van der Waals surface area contributed by atoms with Crippen molar-refractivity contribution in [3.63, 3.8) is 0 Å². The number of benzene rings is 1. The molecular formula is C14H21NO2. The Morgan fingerprint density at radius 1 is 1.41 bits per heavy atom. The molecule has 1 aromatic rings. The number of rotatable bonds is 5. The topological polar surface area (TPSA) is 44.5 Å². The maximum absolute atomic E-state index is 5.91. The van der Waals surface area contributed by atoms with Crippen molar-refractivity contribution in [2.24, 2.45) is 11.7 Å². The van der Waals surface area contributed by atoms with Gasteiger partial charge in [0.15, 0.2) is 0 Å². The first-order valence-electron chi connectivity index (χ1n) is 6.19. The number of nitrogens with two attached hydrogens (primary N) is 1. The smallest absolute Gasteiger partial charge is 0.122 e. The first-order chi connectivity index (χ1) is 8.28. The van der Waals surface area contributed by atoms with Crippen LogP contribution in [0.5, 0.6) is 5.75 Å². The minimum absolute atomic E-state index is 0.0517. The first kappa shape index (κ1) is 12.4. The molecule has 94 valence electrons.